The molecule has 1 N–H and O–H groups in total. The van der Waals surface area contributed by atoms with Gasteiger partial charge in [-0.25, -0.2) is 4.21 Å². The second-order valence-electron chi connectivity index (χ2n) is 0.433. The minimum atomic E-state index is -3.63. The van der Waals surface area contributed by atoms with Crippen LogP contribution in [0.1, 0.15) is 0 Å². The summed E-state index contributed by atoms with van der Waals surface area (Å²) in [4.78, 5) is 0. The van der Waals surface area contributed by atoms with Crippen molar-refractivity contribution in [3.05, 3.63) is 0 Å². The molecule has 0 aliphatic carbocycles. The normalized spacial score (nSPS) is 15.3. The third kappa shape index (κ3) is 2.63. The summed E-state index contributed by atoms with van der Waals surface area (Å²) in [5.41, 5.74) is 0. The fourth-order valence-electron chi connectivity index (χ4n) is 0. The molecule has 0 aliphatic heterocycles. The summed E-state index contributed by atoms with van der Waals surface area (Å²) in [6.45, 7) is 0. The van der Waals surface area contributed by atoms with Crippen LogP contribution in [0.25, 0.3) is 0 Å². The van der Waals surface area contributed by atoms with E-state index in [2.05, 4.69) is 0 Å². The van der Waals surface area contributed by atoms with Gasteiger partial charge >= 0.3 is 7.74 Å². The van der Waals surface area contributed by atoms with E-state index in [-0.39, 0.29) is 0 Å². The molecule has 1 unspecified atom stereocenters. The van der Waals surface area contributed by atoms with E-state index in [0.717, 1.165) is 0 Å². The van der Waals surface area contributed by atoms with Gasteiger partial charge in [0.1, 0.15) is 0 Å². The van der Waals surface area contributed by atoms with Gasteiger partial charge in [0.05, 0.1) is 0 Å². The lowest BCUT2D eigenvalue weighted by atomic mass is 15.9. The second kappa shape index (κ2) is 2.55. The Morgan fingerprint density at radius 2 is 1.83 bits per heavy atom. The molecule has 38 valence electrons. The van der Waals surface area contributed by atoms with E-state index >= 15 is 0 Å². The van der Waals surface area contributed by atoms with Crippen LogP contribution in [-0.2, 0) is 10.7 Å². The number of halogens is 2. The highest BCUT2D eigenvalue weighted by Crippen LogP contribution is 2.41. The fraction of sp³-hybridized carbons (Fsp3) is 0. The van der Waals surface area contributed by atoms with Crippen molar-refractivity contribution in [1.29, 1.82) is 0 Å². The average molecular weight is 134 g/mol. The first-order valence-corrected chi connectivity index (χ1v) is 3.71. The van der Waals surface area contributed by atoms with Crippen LogP contribution in [0, 0.1) is 0 Å². The molecule has 0 radical (unpaired) electrons. The van der Waals surface area contributed by atoms with Crippen LogP contribution in [0.2, 0.25) is 0 Å². The minimum absolute atomic E-state index is 2.89. The number of hydrogen-bond acceptors (Lipinski definition) is 1. The van der Waals surface area contributed by atoms with E-state index in [1.54, 1.807) is 0 Å². The van der Waals surface area contributed by atoms with Crippen molar-refractivity contribution in [3.63, 3.8) is 0 Å². The Morgan fingerprint density at radius 1 is 1.67 bits per heavy atom. The highest BCUT2D eigenvalue weighted by molar-refractivity contribution is 8.40. The van der Waals surface area contributed by atoms with Crippen LogP contribution < -0.4 is 0 Å². The van der Waals surface area contributed by atoms with Crippen LogP contribution in [0.15, 0.2) is 0 Å². The summed E-state index contributed by atoms with van der Waals surface area (Å²) in [6.07, 6.45) is 0. The van der Waals surface area contributed by atoms with E-state index in [9.17, 15) is 8.39 Å². The number of hydrogen-bond donors (Lipinski definition) is 1. The van der Waals surface area contributed by atoms with Gasteiger partial charge in [-0.3, -0.25) is 4.55 Å². The summed E-state index contributed by atoms with van der Waals surface area (Å²) in [5.74, 6) is 0. The zero-order chi connectivity index (χ0) is 5.15. The van der Waals surface area contributed by atoms with Gasteiger partial charge in [-0.05, 0) is 0 Å². The van der Waals surface area contributed by atoms with Gasteiger partial charge in [0.25, 0.3) is 0 Å². The Balaban J connectivity index is 3.26. The predicted molar refractivity (Wildman–Crippen MR) is 19.9 cm³/mol. The fourth-order valence-corrected chi connectivity index (χ4v) is 0. The topological polar surface area (TPSA) is 37.3 Å². The van der Waals surface area contributed by atoms with Gasteiger partial charge < -0.3 is 0 Å². The van der Waals surface area contributed by atoms with Gasteiger partial charge in [0.2, 0.25) is 10.7 Å². The lowest BCUT2D eigenvalue weighted by Gasteiger charge is -1.79. The van der Waals surface area contributed by atoms with Gasteiger partial charge in [-0.1, -0.05) is 0 Å². The first-order chi connectivity index (χ1) is 2.64. The van der Waals surface area contributed by atoms with Crippen molar-refractivity contribution >= 4 is 18.4 Å². The van der Waals surface area contributed by atoms with Crippen LogP contribution >= 0.6 is 7.74 Å². The molecule has 0 rings (SSSR count). The molecule has 6 heavy (non-hydrogen) atoms. The maximum absolute atomic E-state index is 10.7. The van der Waals surface area contributed by atoms with Gasteiger partial charge in [-0.2, -0.15) is 8.39 Å². The van der Waals surface area contributed by atoms with Gasteiger partial charge in [-0.15, -0.1) is 0 Å². The van der Waals surface area contributed by atoms with Crippen molar-refractivity contribution in [1.82, 2.24) is 0 Å². The maximum atomic E-state index is 10.7. The van der Waals surface area contributed by atoms with Crippen LogP contribution in [0.4, 0.5) is 8.39 Å². The zero-order valence-corrected chi connectivity index (χ0v) is 4.18. The Morgan fingerprint density at radius 3 is 1.83 bits per heavy atom. The molecule has 0 bridgehead atoms. The third-order valence-electron chi connectivity index (χ3n) is 0.118. The van der Waals surface area contributed by atoms with Gasteiger partial charge in [0, 0.05) is 0 Å². The van der Waals surface area contributed by atoms with Crippen molar-refractivity contribution in [2.75, 3.05) is 0 Å². The molecule has 0 aromatic carbocycles. The highest BCUT2D eigenvalue weighted by Gasteiger charge is 2.09. The molecule has 0 aromatic heterocycles. The summed E-state index contributed by atoms with van der Waals surface area (Å²) in [5, 5.41) is 0. The largest absolute Gasteiger partial charge is 0.385 e. The molecule has 0 aliphatic rings. The SMILES string of the molecule is O=S(O)P(F)F. The number of rotatable bonds is 1. The summed E-state index contributed by atoms with van der Waals surface area (Å²) in [6, 6.07) is 0. The molecule has 6 heteroatoms. The Kier molecular flexibility index (Phi) is 2.72. The Bertz CT molecular complexity index is 62.6. The Hall–Kier alpha value is 0.400. The van der Waals surface area contributed by atoms with Crippen molar-refractivity contribution in [3.8, 4) is 0 Å². The lowest BCUT2D eigenvalue weighted by Crippen LogP contribution is -1.70. The van der Waals surface area contributed by atoms with Crippen LogP contribution in [-0.4, -0.2) is 8.76 Å². The maximum Gasteiger partial charge on any atom is 0.385 e. The Labute approximate surface area is 36.6 Å². The van der Waals surface area contributed by atoms with Crippen molar-refractivity contribution < 1.29 is 17.2 Å². The first kappa shape index (κ1) is 6.40. The van der Waals surface area contributed by atoms with Crippen LogP contribution in [0.5, 0.6) is 0 Å². The lowest BCUT2D eigenvalue weighted by molar-refractivity contribution is 0.573. The van der Waals surface area contributed by atoms with E-state index < -0.39 is 18.4 Å². The van der Waals surface area contributed by atoms with E-state index in [4.69, 9.17) is 8.76 Å². The van der Waals surface area contributed by atoms with E-state index in [0.29, 0.717) is 0 Å². The molecular weight excluding hydrogens is 133 g/mol. The second-order valence-corrected chi connectivity index (χ2v) is 3.06. The molecule has 2 nitrogen and oxygen atoms in total. The van der Waals surface area contributed by atoms with E-state index in [1.807, 2.05) is 0 Å². The standard InChI is InChI=1S/F2HO2PS/c1-5(2)6(3)4/h(H,3,4). The first-order valence-electron chi connectivity index (χ1n) is 0.870. The minimum Gasteiger partial charge on any atom is -0.299 e. The molecule has 0 heterocycles. The van der Waals surface area contributed by atoms with Crippen LogP contribution in [0.3, 0.4) is 0 Å². The summed E-state index contributed by atoms with van der Waals surface area (Å²) in [7, 11) is -6.52. The molecule has 0 amide bonds. The average Bonchev–Trinajstić information content (AvgIpc) is 1.36. The predicted octanol–water partition coefficient (Wildman–Crippen LogP) is 1.37. The van der Waals surface area contributed by atoms with Crippen molar-refractivity contribution in [2.45, 2.75) is 0 Å². The highest BCUT2D eigenvalue weighted by atomic mass is 32.8. The smallest absolute Gasteiger partial charge is 0.299 e. The molecule has 1 atom stereocenters. The quantitative estimate of drug-likeness (QED) is 0.434. The van der Waals surface area contributed by atoms with Crippen molar-refractivity contribution in [2.24, 2.45) is 0 Å². The van der Waals surface area contributed by atoms with E-state index in [1.165, 1.54) is 0 Å². The molecule has 0 aromatic rings. The summed E-state index contributed by atoms with van der Waals surface area (Å²) >= 11 is 0. The zero-order valence-electron chi connectivity index (χ0n) is 2.47. The molecule has 0 spiro atoms. The summed E-state index contributed by atoms with van der Waals surface area (Å²) < 4.78 is 37.8. The monoisotopic (exact) mass is 134 g/mol. The molecule has 0 saturated carbocycles. The third-order valence-corrected chi connectivity index (χ3v) is 1.06. The molecule has 0 saturated heterocycles. The van der Waals surface area contributed by atoms with Gasteiger partial charge in [0.15, 0.2) is 0 Å². The molecule has 0 fully saturated rings. The molecular formula is HF2O2PS.